The SMILES string of the molecule is Cc1[c]cn(-c2ccccn2)n1. The lowest BCUT2D eigenvalue weighted by Gasteiger charge is -1.96. The number of aromatic nitrogens is 3. The molecule has 0 aliphatic carbocycles. The summed E-state index contributed by atoms with van der Waals surface area (Å²) in [7, 11) is 0. The summed E-state index contributed by atoms with van der Waals surface area (Å²) in [5, 5.41) is 4.18. The molecule has 2 aromatic rings. The molecule has 0 saturated heterocycles. The Morgan fingerprint density at radius 3 is 2.92 bits per heavy atom. The van der Waals surface area contributed by atoms with Gasteiger partial charge in [-0.05, 0) is 19.1 Å². The molecule has 59 valence electrons. The van der Waals surface area contributed by atoms with Crippen LogP contribution in [0.4, 0.5) is 0 Å². The van der Waals surface area contributed by atoms with E-state index in [1.54, 1.807) is 17.1 Å². The van der Waals surface area contributed by atoms with Crippen LogP contribution in [0.15, 0.2) is 30.6 Å². The van der Waals surface area contributed by atoms with E-state index >= 15 is 0 Å². The van der Waals surface area contributed by atoms with Crippen LogP contribution in [0.2, 0.25) is 0 Å². The van der Waals surface area contributed by atoms with Crippen molar-refractivity contribution in [3.63, 3.8) is 0 Å². The minimum absolute atomic E-state index is 0.821. The summed E-state index contributed by atoms with van der Waals surface area (Å²) in [4.78, 5) is 4.14. The van der Waals surface area contributed by atoms with Crippen molar-refractivity contribution in [2.45, 2.75) is 6.92 Å². The molecule has 1 radical (unpaired) electrons. The number of aryl methyl sites for hydroxylation is 1. The van der Waals surface area contributed by atoms with Gasteiger partial charge in [0.15, 0.2) is 5.82 Å². The molecule has 0 fully saturated rings. The molecule has 0 aliphatic heterocycles. The summed E-state index contributed by atoms with van der Waals surface area (Å²) in [5.74, 6) is 0.821. The highest BCUT2D eigenvalue weighted by Crippen LogP contribution is 2.01. The molecule has 12 heavy (non-hydrogen) atoms. The Bertz CT molecular complexity index is 364. The van der Waals surface area contributed by atoms with Crippen LogP contribution in [0.25, 0.3) is 5.82 Å². The Hall–Kier alpha value is -1.64. The Balaban J connectivity index is 2.45. The predicted molar refractivity (Wildman–Crippen MR) is 44.9 cm³/mol. The third-order valence-electron chi connectivity index (χ3n) is 1.54. The second-order valence-corrected chi connectivity index (χ2v) is 2.49. The van der Waals surface area contributed by atoms with E-state index in [0.717, 1.165) is 11.5 Å². The van der Waals surface area contributed by atoms with Gasteiger partial charge in [-0.25, -0.2) is 9.67 Å². The van der Waals surface area contributed by atoms with Gasteiger partial charge < -0.3 is 0 Å². The van der Waals surface area contributed by atoms with Gasteiger partial charge in [0.25, 0.3) is 0 Å². The van der Waals surface area contributed by atoms with E-state index in [0.29, 0.717) is 0 Å². The smallest absolute Gasteiger partial charge is 0.153 e. The van der Waals surface area contributed by atoms with E-state index in [2.05, 4.69) is 16.1 Å². The lowest BCUT2D eigenvalue weighted by molar-refractivity contribution is 0.832. The van der Waals surface area contributed by atoms with Crippen molar-refractivity contribution in [2.24, 2.45) is 0 Å². The minimum atomic E-state index is 0.821. The largest absolute Gasteiger partial charge is 0.237 e. The molecule has 2 rings (SSSR count). The fourth-order valence-electron chi connectivity index (χ4n) is 0.981. The number of hydrogen-bond donors (Lipinski definition) is 0. The molecule has 0 aliphatic rings. The predicted octanol–water partition coefficient (Wildman–Crippen LogP) is 1.38. The maximum Gasteiger partial charge on any atom is 0.153 e. The molecule has 0 N–H and O–H groups in total. The summed E-state index contributed by atoms with van der Waals surface area (Å²) >= 11 is 0. The van der Waals surface area contributed by atoms with Gasteiger partial charge in [-0.2, -0.15) is 5.10 Å². The molecule has 0 bridgehead atoms. The third-order valence-corrected chi connectivity index (χ3v) is 1.54. The highest BCUT2D eigenvalue weighted by atomic mass is 15.3. The van der Waals surface area contributed by atoms with Crippen LogP contribution >= 0.6 is 0 Å². The first-order valence-electron chi connectivity index (χ1n) is 3.71. The van der Waals surface area contributed by atoms with Crippen LogP contribution in [0, 0.1) is 13.0 Å². The Morgan fingerprint density at radius 1 is 1.42 bits per heavy atom. The first kappa shape index (κ1) is 7.03. The zero-order chi connectivity index (χ0) is 8.39. The number of hydrogen-bond acceptors (Lipinski definition) is 2. The lowest BCUT2D eigenvalue weighted by atomic mass is 10.5. The van der Waals surface area contributed by atoms with Gasteiger partial charge in [0.2, 0.25) is 0 Å². The van der Waals surface area contributed by atoms with E-state index < -0.39 is 0 Å². The van der Waals surface area contributed by atoms with Crippen LogP contribution in [0.1, 0.15) is 5.69 Å². The normalized spacial score (nSPS) is 10.1. The van der Waals surface area contributed by atoms with Gasteiger partial charge in [-0.1, -0.05) is 6.07 Å². The Labute approximate surface area is 70.7 Å². The fraction of sp³-hybridized carbons (Fsp3) is 0.111. The summed E-state index contributed by atoms with van der Waals surface area (Å²) in [6, 6.07) is 8.69. The summed E-state index contributed by atoms with van der Waals surface area (Å²) in [6.45, 7) is 1.90. The fourth-order valence-corrected chi connectivity index (χ4v) is 0.981. The minimum Gasteiger partial charge on any atom is -0.237 e. The molecule has 3 heteroatoms. The molecule has 0 saturated carbocycles. The zero-order valence-corrected chi connectivity index (χ0v) is 6.73. The van der Waals surface area contributed by atoms with Crippen molar-refractivity contribution in [2.75, 3.05) is 0 Å². The van der Waals surface area contributed by atoms with Crippen LogP contribution in [-0.2, 0) is 0 Å². The van der Waals surface area contributed by atoms with Gasteiger partial charge in [-0.15, -0.1) is 0 Å². The molecule has 0 spiro atoms. The van der Waals surface area contributed by atoms with E-state index in [1.165, 1.54) is 0 Å². The van der Waals surface area contributed by atoms with Gasteiger partial charge in [0, 0.05) is 18.5 Å². The van der Waals surface area contributed by atoms with Crippen LogP contribution in [0.5, 0.6) is 0 Å². The summed E-state index contributed by atoms with van der Waals surface area (Å²) in [5.41, 5.74) is 0.876. The average molecular weight is 158 g/mol. The van der Waals surface area contributed by atoms with Crippen LogP contribution < -0.4 is 0 Å². The maximum absolute atomic E-state index is 4.18. The molecule has 0 aromatic carbocycles. The van der Waals surface area contributed by atoms with Crippen LogP contribution in [-0.4, -0.2) is 14.8 Å². The topological polar surface area (TPSA) is 30.7 Å². The standard InChI is InChI=1S/C9H8N3/c1-8-5-7-12(11-8)9-4-2-3-6-10-9/h2-4,6-7H,1H3. The van der Waals surface area contributed by atoms with E-state index in [4.69, 9.17) is 0 Å². The number of nitrogens with zero attached hydrogens (tertiary/aromatic N) is 3. The third kappa shape index (κ3) is 1.21. The molecule has 2 aromatic heterocycles. The monoisotopic (exact) mass is 158 g/mol. The molecular weight excluding hydrogens is 150 g/mol. The first-order valence-corrected chi connectivity index (χ1v) is 3.71. The highest BCUT2D eigenvalue weighted by molar-refractivity contribution is 5.20. The van der Waals surface area contributed by atoms with Crippen molar-refractivity contribution in [1.82, 2.24) is 14.8 Å². The molecule has 0 atom stereocenters. The van der Waals surface area contributed by atoms with Gasteiger partial charge >= 0.3 is 0 Å². The molecule has 3 nitrogen and oxygen atoms in total. The summed E-state index contributed by atoms with van der Waals surface area (Å²) in [6.07, 6.45) is 3.52. The van der Waals surface area contributed by atoms with Gasteiger partial charge in [0.05, 0.1) is 5.69 Å². The summed E-state index contributed by atoms with van der Waals surface area (Å²) < 4.78 is 1.70. The Morgan fingerprint density at radius 2 is 2.33 bits per heavy atom. The van der Waals surface area contributed by atoms with Crippen molar-refractivity contribution in [1.29, 1.82) is 0 Å². The van der Waals surface area contributed by atoms with Crippen molar-refractivity contribution >= 4 is 0 Å². The van der Waals surface area contributed by atoms with Crippen LogP contribution in [0.3, 0.4) is 0 Å². The highest BCUT2D eigenvalue weighted by Gasteiger charge is 1.96. The van der Waals surface area contributed by atoms with Gasteiger partial charge in [-0.3, -0.25) is 0 Å². The second-order valence-electron chi connectivity index (χ2n) is 2.49. The van der Waals surface area contributed by atoms with Gasteiger partial charge in [0.1, 0.15) is 0 Å². The van der Waals surface area contributed by atoms with Crippen molar-refractivity contribution in [3.8, 4) is 5.82 Å². The number of pyridine rings is 1. The zero-order valence-electron chi connectivity index (χ0n) is 6.73. The van der Waals surface area contributed by atoms with Crippen molar-refractivity contribution in [3.05, 3.63) is 42.4 Å². The average Bonchev–Trinajstić information content (AvgIpc) is 2.54. The van der Waals surface area contributed by atoms with Crippen molar-refractivity contribution < 1.29 is 0 Å². The maximum atomic E-state index is 4.18. The number of rotatable bonds is 1. The second kappa shape index (κ2) is 2.77. The van der Waals surface area contributed by atoms with E-state index in [-0.39, 0.29) is 0 Å². The molecule has 2 heterocycles. The molecule has 0 amide bonds. The Kier molecular flexibility index (Phi) is 1.63. The lowest BCUT2D eigenvalue weighted by Crippen LogP contribution is -1.96. The van der Waals surface area contributed by atoms with E-state index in [1.807, 2.05) is 25.1 Å². The molecule has 0 unspecified atom stereocenters. The quantitative estimate of drug-likeness (QED) is 0.627. The first-order chi connectivity index (χ1) is 5.86. The van der Waals surface area contributed by atoms with E-state index in [9.17, 15) is 0 Å². The molecular formula is C9H8N3.